The van der Waals surface area contributed by atoms with E-state index in [4.69, 9.17) is 5.73 Å². The van der Waals surface area contributed by atoms with Gasteiger partial charge in [-0.05, 0) is 34.8 Å². The zero-order valence-electron chi connectivity index (χ0n) is 9.40. The van der Waals surface area contributed by atoms with Gasteiger partial charge in [-0.1, -0.05) is 19.3 Å². The summed E-state index contributed by atoms with van der Waals surface area (Å²) < 4.78 is 27.2. The van der Waals surface area contributed by atoms with Crippen LogP contribution in [0.15, 0.2) is 10.5 Å². The largest absolute Gasteiger partial charge is 0.397 e. The van der Waals surface area contributed by atoms with E-state index in [0.29, 0.717) is 0 Å². The Labute approximate surface area is 108 Å². The first-order valence-electron chi connectivity index (χ1n) is 5.79. The Morgan fingerprint density at radius 3 is 2.47 bits per heavy atom. The van der Waals surface area contributed by atoms with Crippen LogP contribution in [-0.2, 0) is 0 Å². The topological polar surface area (TPSA) is 38.0 Å². The third-order valence-corrected chi connectivity index (χ3v) is 3.72. The third-order valence-electron chi connectivity index (χ3n) is 3.15. The van der Waals surface area contributed by atoms with Crippen molar-refractivity contribution in [3.8, 4) is 0 Å². The molecule has 17 heavy (non-hydrogen) atoms. The normalized spacial score (nSPS) is 17.1. The average Bonchev–Trinajstić information content (AvgIpc) is 2.33. The Kier molecular flexibility index (Phi) is 3.86. The molecular formula is C12H15BrF2N2. The lowest BCUT2D eigenvalue weighted by Gasteiger charge is -2.25. The smallest absolute Gasteiger partial charge is 0.185 e. The molecule has 2 rings (SSSR count). The van der Waals surface area contributed by atoms with Gasteiger partial charge in [0.1, 0.15) is 0 Å². The van der Waals surface area contributed by atoms with Gasteiger partial charge in [-0.3, -0.25) is 0 Å². The van der Waals surface area contributed by atoms with E-state index >= 15 is 0 Å². The first-order valence-corrected chi connectivity index (χ1v) is 6.58. The summed E-state index contributed by atoms with van der Waals surface area (Å²) >= 11 is 2.93. The van der Waals surface area contributed by atoms with E-state index < -0.39 is 11.6 Å². The quantitative estimate of drug-likeness (QED) is 0.639. The van der Waals surface area contributed by atoms with Crippen LogP contribution in [0.5, 0.6) is 0 Å². The molecule has 0 amide bonds. The number of nitrogen functional groups attached to an aromatic ring is 1. The van der Waals surface area contributed by atoms with Crippen LogP contribution in [0.2, 0.25) is 0 Å². The van der Waals surface area contributed by atoms with E-state index in [1.165, 1.54) is 12.5 Å². The maximum Gasteiger partial charge on any atom is 0.185 e. The standard InChI is InChI=1S/C12H15BrF2N2/c13-8-6-9(16)12(11(15)10(8)14)17-7-4-2-1-3-5-7/h6-7,17H,1-5,16H2. The van der Waals surface area contributed by atoms with Gasteiger partial charge in [0.05, 0.1) is 15.8 Å². The molecule has 1 saturated carbocycles. The van der Waals surface area contributed by atoms with Crippen LogP contribution >= 0.6 is 15.9 Å². The second-order valence-corrected chi connectivity index (χ2v) is 5.28. The van der Waals surface area contributed by atoms with Gasteiger partial charge in [-0.25, -0.2) is 8.78 Å². The molecular weight excluding hydrogens is 290 g/mol. The predicted octanol–water partition coefficient (Wildman–Crippen LogP) is 4.05. The number of anilines is 2. The molecule has 0 aromatic heterocycles. The maximum atomic E-state index is 13.7. The Morgan fingerprint density at radius 1 is 1.18 bits per heavy atom. The highest BCUT2D eigenvalue weighted by Gasteiger charge is 2.20. The SMILES string of the molecule is Nc1cc(Br)c(F)c(F)c1NC1CCCCC1. The molecule has 1 aliphatic carbocycles. The molecule has 1 aliphatic rings. The van der Waals surface area contributed by atoms with Crippen molar-refractivity contribution in [1.29, 1.82) is 0 Å². The molecule has 0 atom stereocenters. The fourth-order valence-electron chi connectivity index (χ4n) is 2.21. The molecule has 1 aromatic rings. The number of benzene rings is 1. The monoisotopic (exact) mass is 304 g/mol. The van der Waals surface area contributed by atoms with Crippen LogP contribution in [0.1, 0.15) is 32.1 Å². The highest BCUT2D eigenvalue weighted by molar-refractivity contribution is 9.10. The van der Waals surface area contributed by atoms with Crippen LogP contribution in [-0.4, -0.2) is 6.04 Å². The molecule has 5 heteroatoms. The minimum Gasteiger partial charge on any atom is -0.397 e. The van der Waals surface area contributed by atoms with Crippen LogP contribution in [0, 0.1) is 11.6 Å². The maximum absolute atomic E-state index is 13.7. The number of hydrogen-bond acceptors (Lipinski definition) is 2. The van der Waals surface area contributed by atoms with Crippen molar-refractivity contribution in [3.63, 3.8) is 0 Å². The summed E-state index contributed by atoms with van der Waals surface area (Å²) in [6.45, 7) is 0. The summed E-state index contributed by atoms with van der Waals surface area (Å²) in [6, 6.07) is 1.59. The summed E-state index contributed by atoms with van der Waals surface area (Å²) in [5, 5.41) is 3.02. The first-order chi connectivity index (χ1) is 8.09. The number of halogens is 3. The molecule has 1 fully saturated rings. The van der Waals surface area contributed by atoms with Crippen molar-refractivity contribution in [3.05, 3.63) is 22.2 Å². The molecule has 0 unspecified atom stereocenters. The van der Waals surface area contributed by atoms with Gasteiger partial charge in [0, 0.05) is 6.04 Å². The van der Waals surface area contributed by atoms with Gasteiger partial charge < -0.3 is 11.1 Å². The van der Waals surface area contributed by atoms with Gasteiger partial charge in [0.25, 0.3) is 0 Å². The van der Waals surface area contributed by atoms with Gasteiger partial charge in [-0.2, -0.15) is 0 Å². The third kappa shape index (κ3) is 2.70. The second-order valence-electron chi connectivity index (χ2n) is 4.43. The molecule has 1 aromatic carbocycles. The molecule has 0 radical (unpaired) electrons. The van der Waals surface area contributed by atoms with Crippen molar-refractivity contribution in [2.45, 2.75) is 38.1 Å². The fraction of sp³-hybridized carbons (Fsp3) is 0.500. The van der Waals surface area contributed by atoms with Crippen molar-refractivity contribution in [2.75, 3.05) is 11.1 Å². The van der Waals surface area contributed by atoms with Crippen LogP contribution in [0.25, 0.3) is 0 Å². The molecule has 2 nitrogen and oxygen atoms in total. The number of hydrogen-bond donors (Lipinski definition) is 2. The highest BCUT2D eigenvalue weighted by atomic mass is 79.9. The van der Waals surface area contributed by atoms with Gasteiger partial charge >= 0.3 is 0 Å². The average molecular weight is 305 g/mol. The van der Waals surface area contributed by atoms with Crippen LogP contribution < -0.4 is 11.1 Å². The van der Waals surface area contributed by atoms with Gasteiger partial charge in [-0.15, -0.1) is 0 Å². The number of nitrogens with one attached hydrogen (secondary N) is 1. The van der Waals surface area contributed by atoms with E-state index in [9.17, 15) is 8.78 Å². The first kappa shape index (κ1) is 12.6. The van der Waals surface area contributed by atoms with Crippen molar-refractivity contribution >= 4 is 27.3 Å². The zero-order chi connectivity index (χ0) is 12.4. The minimum absolute atomic E-state index is 0.0571. The molecule has 0 saturated heterocycles. The van der Waals surface area contributed by atoms with E-state index in [2.05, 4.69) is 21.2 Å². The summed E-state index contributed by atoms with van der Waals surface area (Å²) in [5.41, 5.74) is 6.04. The highest BCUT2D eigenvalue weighted by Crippen LogP contribution is 2.32. The molecule has 94 valence electrons. The van der Waals surface area contributed by atoms with Crippen molar-refractivity contribution < 1.29 is 8.78 Å². The van der Waals surface area contributed by atoms with Crippen LogP contribution in [0.3, 0.4) is 0 Å². The van der Waals surface area contributed by atoms with E-state index in [1.807, 2.05) is 0 Å². The Morgan fingerprint density at radius 2 is 1.82 bits per heavy atom. The molecule has 3 N–H and O–H groups in total. The zero-order valence-corrected chi connectivity index (χ0v) is 11.0. The summed E-state index contributed by atoms with van der Waals surface area (Å²) in [7, 11) is 0. The minimum atomic E-state index is -0.901. The van der Waals surface area contributed by atoms with Crippen molar-refractivity contribution in [2.24, 2.45) is 0 Å². The van der Waals surface area contributed by atoms with E-state index in [0.717, 1.165) is 25.7 Å². The number of rotatable bonds is 2. The Bertz CT molecular complexity index is 417. The van der Waals surface area contributed by atoms with E-state index in [-0.39, 0.29) is 21.9 Å². The predicted molar refractivity (Wildman–Crippen MR) is 69.0 cm³/mol. The lowest BCUT2D eigenvalue weighted by atomic mass is 9.95. The summed E-state index contributed by atoms with van der Waals surface area (Å²) in [6.07, 6.45) is 5.42. The molecule has 0 aliphatic heterocycles. The summed E-state index contributed by atoms with van der Waals surface area (Å²) in [4.78, 5) is 0. The lowest BCUT2D eigenvalue weighted by Crippen LogP contribution is -2.23. The van der Waals surface area contributed by atoms with Gasteiger partial charge in [0.2, 0.25) is 0 Å². The van der Waals surface area contributed by atoms with Crippen LogP contribution in [0.4, 0.5) is 20.2 Å². The fourth-order valence-corrected chi connectivity index (χ4v) is 2.63. The Balaban J connectivity index is 2.22. The summed E-state index contributed by atoms with van der Waals surface area (Å²) in [5.74, 6) is -1.79. The number of nitrogens with two attached hydrogens (primary N) is 1. The van der Waals surface area contributed by atoms with Gasteiger partial charge in [0.15, 0.2) is 11.6 Å². The molecule has 0 spiro atoms. The molecule has 0 heterocycles. The van der Waals surface area contributed by atoms with E-state index in [1.54, 1.807) is 0 Å². The second kappa shape index (κ2) is 5.21. The molecule has 0 bridgehead atoms. The Hall–Kier alpha value is -0.840. The van der Waals surface area contributed by atoms with Crippen molar-refractivity contribution in [1.82, 2.24) is 0 Å². The lowest BCUT2D eigenvalue weighted by molar-refractivity contribution is 0.457.